The summed E-state index contributed by atoms with van der Waals surface area (Å²) in [4.78, 5) is 25.5. The van der Waals surface area contributed by atoms with E-state index < -0.39 is 0 Å². The van der Waals surface area contributed by atoms with Crippen molar-refractivity contribution in [3.63, 3.8) is 0 Å². The molecule has 1 aromatic carbocycles. The molecule has 0 amide bonds. The lowest BCUT2D eigenvalue weighted by Crippen LogP contribution is -2.46. The van der Waals surface area contributed by atoms with Gasteiger partial charge in [-0.15, -0.1) is 0 Å². The highest BCUT2D eigenvalue weighted by atomic mass is 16.1. The molecule has 0 radical (unpaired) electrons. The fourth-order valence-electron chi connectivity index (χ4n) is 4.57. The maximum atomic E-state index is 12.7. The molecule has 0 spiro atoms. The number of nitrogens with one attached hydrogen (secondary N) is 1. The van der Waals surface area contributed by atoms with Crippen molar-refractivity contribution in [1.29, 1.82) is 0 Å². The van der Waals surface area contributed by atoms with Crippen LogP contribution in [0.1, 0.15) is 38.8 Å². The Kier molecular flexibility index (Phi) is 7.67. The van der Waals surface area contributed by atoms with Crippen LogP contribution in [0.2, 0.25) is 0 Å². The summed E-state index contributed by atoms with van der Waals surface area (Å²) in [5.74, 6) is 0. The lowest BCUT2D eigenvalue weighted by atomic mass is 10.1. The normalized spacial score (nSPS) is 15.5. The third kappa shape index (κ3) is 5.98. The Morgan fingerprint density at radius 3 is 2.46 bits per heavy atom. The van der Waals surface area contributed by atoms with E-state index in [1.54, 1.807) is 0 Å². The molecule has 2 heterocycles. The monoisotopic (exact) mass is 468 g/mol. The third-order valence-electron chi connectivity index (χ3n) is 6.54. The third-order valence-corrected chi connectivity index (χ3v) is 6.54. The molecule has 1 fully saturated rings. The van der Waals surface area contributed by atoms with Crippen LogP contribution in [0.15, 0.2) is 81.6 Å². The number of aryl methyl sites for hydroxylation is 1. The zero-order chi connectivity index (χ0) is 24.9. The summed E-state index contributed by atoms with van der Waals surface area (Å²) < 4.78 is 0. The summed E-state index contributed by atoms with van der Waals surface area (Å²) in [5.41, 5.74) is 8.94. The first-order valence-electron chi connectivity index (χ1n) is 12.4. The molecule has 0 bridgehead atoms. The average Bonchev–Trinajstić information content (AvgIpc) is 2.97. The zero-order valence-corrected chi connectivity index (χ0v) is 21.6. The average molecular weight is 469 g/mol. The van der Waals surface area contributed by atoms with Crippen molar-refractivity contribution in [2.45, 2.75) is 34.6 Å². The summed E-state index contributed by atoms with van der Waals surface area (Å²) in [7, 11) is 0. The van der Waals surface area contributed by atoms with E-state index in [1.807, 2.05) is 37.3 Å². The summed E-state index contributed by atoms with van der Waals surface area (Å²) in [5, 5.41) is 0. The number of anilines is 1. The molecule has 0 atom stereocenters. The molecule has 2 aliphatic heterocycles. The van der Waals surface area contributed by atoms with Gasteiger partial charge in [-0.2, -0.15) is 0 Å². The largest absolute Gasteiger partial charge is 0.369 e. The van der Waals surface area contributed by atoms with E-state index in [0.717, 1.165) is 60.9 Å². The smallest absolute Gasteiger partial charge is 0.258 e. The van der Waals surface area contributed by atoms with E-state index in [-0.39, 0.29) is 5.56 Å². The van der Waals surface area contributed by atoms with Gasteiger partial charge in [0.1, 0.15) is 0 Å². The van der Waals surface area contributed by atoms with E-state index in [1.165, 1.54) is 16.8 Å². The van der Waals surface area contributed by atoms with Gasteiger partial charge < -0.3 is 9.88 Å². The molecule has 182 valence electrons. The molecule has 35 heavy (non-hydrogen) atoms. The second-order valence-electron chi connectivity index (χ2n) is 9.76. The number of H-pyrrole nitrogens is 1. The van der Waals surface area contributed by atoms with E-state index in [0.29, 0.717) is 5.56 Å². The number of hydrogen-bond acceptors (Lipinski definition) is 4. The molecule has 3 aliphatic rings. The molecule has 1 aromatic rings. The topological polar surface area (TPSA) is 51.7 Å². The summed E-state index contributed by atoms with van der Waals surface area (Å²) in [6.07, 6.45) is 4.42. The zero-order valence-electron chi connectivity index (χ0n) is 21.6. The van der Waals surface area contributed by atoms with Crippen molar-refractivity contribution >= 4 is 17.1 Å². The van der Waals surface area contributed by atoms with Crippen LogP contribution >= 0.6 is 0 Å². The number of aromatic nitrogens is 1. The Balaban J connectivity index is 1.51. The van der Waals surface area contributed by atoms with Crippen LogP contribution in [-0.4, -0.2) is 48.3 Å². The highest BCUT2D eigenvalue weighted by molar-refractivity contribution is 6.05. The van der Waals surface area contributed by atoms with Crippen LogP contribution in [0, 0.1) is 6.92 Å². The number of benzene rings is 1. The van der Waals surface area contributed by atoms with Crippen molar-refractivity contribution < 1.29 is 0 Å². The van der Waals surface area contributed by atoms with E-state index in [2.05, 4.69) is 72.8 Å². The van der Waals surface area contributed by atoms with Crippen LogP contribution in [0.5, 0.6) is 0 Å². The van der Waals surface area contributed by atoms with Crippen molar-refractivity contribution in [3.8, 4) is 11.3 Å². The Labute approximate surface area is 208 Å². The molecule has 1 saturated heterocycles. The molecule has 1 aliphatic carbocycles. The van der Waals surface area contributed by atoms with Gasteiger partial charge in [0.05, 0.1) is 17.0 Å². The SMILES string of the molecule is CC(C)=C/C=C(\C)CN1CCN(c2ccc(C)c(/N=C(\C)c3c4cccccc-4[nH]c3=O)c2)CC1. The van der Waals surface area contributed by atoms with Gasteiger partial charge in [0.2, 0.25) is 0 Å². The number of hydrogen-bond donors (Lipinski definition) is 1. The number of aliphatic imine (C=N–C) groups is 1. The standard InChI is InChI=1S/C30H36N4O/c1-21(2)11-12-22(3)20-33-15-17-34(18-16-33)25-14-13-23(4)28(19-25)31-24(5)29-26-9-7-6-8-10-27(26)32-30(29)35/h6-14,19H,15-18,20H2,1-5H3,(H,32,35)/b22-12+,31-24+. The summed E-state index contributed by atoms with van der Waals surface area (Å²) >= 11 is 0. The molecular formula is C30H36N4O. The first kappa shape index (κ1) is 24.7. The summed E-state index contributed by atoms with van der Waals surface area (Å²) in [6, 6.07) is 16.2. The van der Waals surface area contributed by atoms with E-state index in [4.69, 9.17) is 4.99 Å². The van der Waals surface area contributed by atoms with Crippen LogP contribution in [0.3, 0.4) is 0 Å². The van der Waals surface area contributed by atoms with Crippen LogP contribution in [0.25, 0.3) is 11.3 Å². The molecule has 4 rings (SSSR count). The minimum absolute atomic E-state index is 0.0914. The van der Waals surface area contributed by atoms with E-state index >= 15 is 0 Å². The van der Waals surface area contributed by atoms with Gasteiger partial charge in [-0.05, 0) is 58.4 Å². The van der Waals surface area contributed by atoms with Gasteiger partial charge in [-0.1, -0.05) is 53.6 Å². The molecule has 5 nitrogen and oxygen atoms in total. The van der Waals surface area contributed by atoms with Crippen molar-refractivity contribution in [2.75, 3.05) is 37.6 Å². The lowest BCUT2D eigenvalue weighted by molar-refractivity contribution is 0.278. The minimum atomic E-state index is -0.0914. The minimum Gasteiger partial charge on any atom is -0.369 e. The highest BCUT2D eigenvalue weighted by Crippen LogP contribution is 2.29. The van der Waals surface area contributed by atoms with Crippen LogP contribution < -0.4 is 10.5 Å². The number of piperazine rings is 1. The van der Waals surface area contributed by atoms with Gasteiger partial charge in [0, 0.05) is 49.7 Å². The van der Waals surface area contributed by atoms with Crippen molar-refractivity contribution in [1.82, 2.24) is 9.88 Å². The van der Waals surface area contributed by atoms with Gasteiger partial charge in [0.15, 0.2) is 0 Å². The Morgan fingerprint density at radius 2 is 1.71 bits per heavy atom. The van der Waals surface area contributed by atoms with Gasteiger partial charge in [0.25, 0.3) is 5.56 Å². The summed E-state index contributed by atoms with van der Waals surface area (Å²) in [6.45, 7) is 15.5. The van der Waals surface area contributed by atoms with Crippen molar-refractivity contribution in [2.24, 2.45) is 4.99 Å². The fraction of sp³-hybridized carbons (Fsp3) is 0.333. The second kappa shape index (κ2) is 10.9. The number of aromatic amines is 1. The predicted octanol–water partition coefficient (Wildman–Crippen LogP) is 5.96. The van der Waals surface area contributed by atoms with Gasteiger partial charge in [-0.25, -0.2) is 0 Å². The Morgan fingerprint density at radius 1 is 0.971 bits per heavy atom. The van der Waals surface area contributed by atoms with Crippen LogP contribution in [-0.2, 0) is 0 Å². The first-order chi connectivity index (χ1) is 16.8. The second-order valence-corrected chi connectivity index (χ2v) is 9.76. The Hall–Kier alpha value is -3.44. The Bertz CT molecular complexity index is 1300. The number of fused-ring (bicyclic) bond motifs is 1. The molecule has 5 heteroatoms. The molecule has 0 aromatic heterocycles. The van der Waals surface area contributed by atoms with Gasteiger partial charge in [-0.3, -0.25) is 14.7 Å². The lowest BCUT2D eigenvalue weighted by Gasteiger charge is -2.36. The highest BCUT2D eigenvalue weighted by Gasteiger charge is 2.19. The van der Waals surface area contributed by atoms with Gasteiger partial charge >= 0.3 is 0 Å². The molecule has 1 N–H and O–H groups in total. The maximum Gasteiger partial charge on any atom is 0.258 e. The van der Waals surface area contributed by atoms with E-state index in [9.17, 15) is 4.79 Å². The van der Waals surface area contributed by atoms with Crippen LogP contribution in [0.4, 0.5) is 11.4 Å². The predicted molar refractivity (Wildman–Crippen MR) is 149 cm³/mol. The molecular weight excluding hydrogens is 432 g/mol. The molecule has 0 saturated carbocycles. The van der Waals surface area contributed by atoms with Crippen molar-refractivity contribution in [3.05, 3.63) is 93.3 Å². The fourth-order valence-corrected chi connectivity index (χ4v) is 4.57. The number of rotatable bonds is 6. The first-order valence-corrected chi connectivity index (χ1v) is 12.4. The number of nitrogens with zero attached hydrogens (tertiary/aromatic N) is 3. The number of allylic oxidation sites excluding steroid dienone is 3. The quantitative estimate of drug-likeness (QED) is 0.359. The maximum absolute atomic E-state index is 12.7. The molecule has 0 unspecified atom stereocenters.